The first kappa shape index (κ1) is 10.0. The standard InChI is InChI=1S/C10H22N2/c1-8(2)12-6-4-5-10(12)9(3)7-11/h8-10H,4-7,11H2,1-3H3. The highest BCUT2D eigenvalue weighted by molar-refractivity contribution is 4.85. The molecule has 0 aliphatic carbocycles. The molecule has 12 heavy (non-hydrogen) atoms. The molecule has 1 fully saturated rings. The lowest BCUT2D eigenvalue weighted by Gasteiger charge is -2.31. The molecule has 1 aliphatic rings. The van der Waals surface area contributed by atoms with Crippen molar-refractivity contribution in [1.29, 1.82) is 0 Å². The SMILES string of the molecule is CC(CN)C1CCCN1C(C)C. The zero-order chi connectivity index (χ0) is 9.14. The van der Waals surface area contributed by atoms with Crippen LogP contribution in [0.15, 0.2) is 0 Å². The maximum Gasteiger partial charge on any atom is 0.0136 e. The molecule has 2 N–H and O–H groups in total. The second-order valence-corrected chi connectivity index (χ2v) is 4.25. The Morgan fingerprint density at radius 3 is 2.58 bits per heavy atom. The van der Waals surface area contributed by atoms with Gasteiger partial charge < -0.3 is 5.73 Å². The van der Waals surface area contributed by atoms with Crippen LogP contribution < -0.4 is 5.73 Å². The number of nitrogens with zero attached hydrogens (tertiary/aromatic N) is 1. The van der Waals surface area contributed by atoms with Gasteiger partial charge in [-0.3, -0.25) is 4.90 Å². The van der Waals surface area contributed by atoms with Crippen molar-refractivity contribution in [2.24, 2.45) is 11.7 Å². The van der Waals surface area contributed by atoms with Crippen LogP contribution in [0.25, 0.3) is 0 Å². The van der Waals surface area contributed by atoms with Crippen molar-refractivity contribution < 1.29 is 0 Å². The second kappa shape index (κ2) is 4.24. The van der Waals surface area contributed by atoms with Crippen LogP contribution in [-0.2, 0) is 0 Å². The van der Waals surface area contributed by atoms with Gasteiger partial charge in [0, 0.05) is 12.1 Å². The molecule has 2 heteroatoms. The van der Waals surface area contributed by atoms with Gasteiger partial charge in [-0.2, -0.15) is 0 Å². The Balaban J connectivity index is 2.51. The van der Waals surface area contributed by atoms with Gasteiger partial charge in [-0.05, 0) is 45.7 Å². The van der Waals surface area contributed by atoms with E-state index >= 15 is 0 Å². The van der Waals surface area contributed by atoms with Crippen molar-refractivity contribution in [3.63, 3.8) is 0 Å². The van der Waals surface area contributed by atoms with Crippen LogP contribution in [0, 0.1) is 5.92 Å². The first-order valence-electron chi connectivity index (χ1n) is 5.12. The van der Waals surface area contributed by atoms with Crippen molar-refractivity contribution >= 4 is 0 Å². The molecule has 0 aromatic heterocycles. The fourth-order valence-electron chi connectivity index (χ4n) is 2.22. The van der Waals surface area contributed by atoms with E-state index in [4.69, 9.17) is 5.73 Å². The third-order valence-corrected chi connectivity index (χ3v) is 3.03. The van der Waals surface area contributed by atoms with Crippen LogP contribution >= 0.6 is 0 Å². The highest BCUT2D eigenvalue weighted by Crippen LogP contribution is 2.25. The van der Waals surface area contributed by atoms with Crippen LogP contribution in [-0.4, -0.2) is 30.1 Å². The van der Waals surface area contributed by atoms with E-state index < -0.39 is 0 Å². The predicted molar refractivity (Wildman–Crippen MR) is 53.1 cm³/mol. The summed E-state index contributed by atoms with van der Waals surface area (Å²) >= 11 is 0. The molecule has 1 heterocycles. The van der Waals surface area contributed by atoms with E-state index in [2.05, 4.69) is 25.7 Å². The fraction of sp³-hybridized carbons (Fsp3) is 1.00. The van der Waals surface area contributed by atoms with Crippen LogP contribution in [0.1, 0.15) is 33.6 Å². The lowest BCUT2D eigenvalue weighted by atomic mass is 9.99. The summed E-state index contributed by atoms with van der Waals surface area (Å²) in [6.45, 7) is 8.93. The average molecular weight is 170 g/mol. The van der Waals surface area contributed by atoms with Crippen molar-refractivity contribution in [2.45, 2.75) is 45.7 Å². The minimum Gasteiger partial charge on any atom is -0.330 e. The predicted octanol–water partition coefficient (Wildman–Crippen LogP) is 1.45. The van der Waals surface area contributed by atoms with Gasteiger partial charge in [-0.25, -0.2) is 0 Å². The summed E-state index contributed by atoms with van der Waals surface area (Å²) in [5.74, 6) is 0.662. The molecule has 2 unspecified atom stereocenters. The Morgan fingerprint density at radius 2 is 2.08 bits per heavy atom. The summed E-state index contributed by atoms with van der Waals surface area (Å²) in [7, 11) is 0. The quantitative estimate of drug-likeness (QED) is 0.694. The lowest BCUT2D eigenvalue weighted by molar-refractivity contribution is 0.161. The maximum absolute atomic E-state index is 5.69. The Labute approximate surface area is 76.1 Å². The smallest absolute Gasteiger partial charge is 0.0136 e. The molecule has 0 saturated carbocycles. The number of nitrogens with two attached hydrogens (primary N) is 1. The molecule has 0 aromatic rings. The first-order chi connectivity index (χ1) is 5.66. The molecule has 2 atom stereocenters. The van der Waals surface area contributed by atoms with Gasteiger partial charge in [0.1, 0.15) is 0 Å². The van der Waals surface area contributed by atoms with Gasteiger partial charge >= 0.3 is 0 Å². The number of likely N-dealkylation sites (tertiary alicyclic amines) is 1. The van der Waals surface area contributed by atoms with Gasteiger partial charge in [0.2, 0.25) is 0 Å². The van der Waals surface area contributed by atoms with Crippen molar-refractivity contribution in [3.05, 3.63) is 0 Å². The third-order valence-electron chi connectivity index (χ3n) is 3.03. The Morgan fingerprint density at radius 1 is 1.42 bits per heavy atom. The molecule has 0 bridgehead atoms. The Kier molecular flexibility index (Phi) is 3.53. The molecule has 0 aromatic carbocycles. The van der Waals surface area contributed by atoms with Crippen LogP contribution in [0.5, 0.6) is 0 Å². The topological polar surface area (TPSA) is 29.3 Å². The highest BCUT2D eigenvalue weighted by atomic mass is 15.2. The second-order valence-electron chi connectivity index (χ2n) is 4.25. The fourth-order valence-corrected chi connectivity index (χ4v) is 2.22. The van der Waals surface area contributed by atoms with E-state index in [9.17, 15) is 0 Å². The van der Waals surface area contributed by atoms with Crippen LogP contribution in [0.3, 0.4) is 0 Å². The van der Waals surface area contributed by atoms with Crippen molar-refractivity contribution in [1.82, 2.24) is 4.90 Å². The van der Waals surface area contributed by atoms with Crippen molar-refractivity contribution in [3.8, 4) is 0 Å². The monoisotopic (exact) mass is 170 g/mol. The molecular weight excluding hydrogens is 148 g/mol. The average Bonchev–Trinajstić information content (AvgIpc) is 2.50. The van der Waals surface area contributed by atoms with E-state index in [1.165, 1.54) is 19.4 Å². The lowest BCUT2D eigenvalue weighted by Crippen LogP contribution is -2.41. The molecule has 0 radical (unpaired) electrons. The summed E-state index contributed by atoms with van der Waals surface area (Å²) in [5.41, 5.74) is 5.69. The molecule has 1 aliphatic heterocycles. The van der Waals surface area contributed by atoms with Gasteiger partial charge in [-0.1, -0.05) is 6.92 Å². The number of hydrogen-bond acceptors (Lipinski definition) is 2. The van der Waals surface area contributed by atoms with Gasteiger partial charge in [0.15, 0.2) is 0 Å². The summed E-state index contributed by atoms with van der Waals surface area (Å²) in [5, 5.41) is 0. The van der Waals surface area contributed by atoms with Crippen LogP contribution in [0.4, 0.5) is 0 Å². The zero-order valence-corrected chi connectivity index (χ0v) is 8.59. The maximum atomic E-state index is 5.69. The Hall–Kier alpha value is -0.0800. The van der Waals surface area contributed by atoms with E-state index in [-0.39, 0.29) is 0 Å². The molecule has 1 saturated heterocycles. The highest BCUT2D eigenvalue weighted by Gasteiger charge is 2.29. The van der Waals surface area contributed by atoms with Crippen molar-refractivity contribution in [2.75, 3.05) is 13.1 Å². The van der Waals surface area contributed by atoms with Gasteiger partial charge in [-0.15, -0.1) is 0 Å². The first-order valence-corrected chi connectivity index (χ1v) is 5.12. The van der Waals surface area contributed by atoms with E-state index in [1.54, 1.807) is 0 Å². The van der Waals surface area contributed by atoms with Crippen LogP contribution in [0.2, 0.25) is 0 Å². The Bertz CT molecular complexity index is 134. The normalized spacial score (nSPS) is 28.2. The molecule has 72 valence electrons. The largest absolute Gasteiger partial charge is 0.330 e. The molecular formula is C10H22N2. The molecule has 0 amide bonds. The minimum atomic E-state index is 0.662. The van der Waals surface area contributed by atoms with E-state index in [0.717, 1.165) is 12.6 Å². The van der Waals surface area contributed by atoms with Gasteiger partial charge in [0.05, 0.1) is 0 Å². The molecule has 2 nitrogen and oxygen atoms in total. The number of rotatable bonds is 3. The summed E-state index contributed by atoms with van der Waals surface area (Å²) in [6.07, 6.45) is 2.70. The number of hydrogen-bond donors (Lipinski definition) is 1. The summed E-state index contributed by atoms with van der Waals surface area (Å²) in [6, 6.07) is 1.43. The molecule has 0 spiro atoms. The summed E-state index contributed by atoms with van der Waals surface area (Å²) < 4.78 is 0. The van der Waals surface area contributed by atoms with E-state index in [0.29, 0.717) is 12.0 Å². The minimum absolute atomic E-state index is 0.662. The zero-order valence-electron chi connectivity index (χ0n) is 8.59. The molecule has 1 rings (SSSR count). The third kappa shape index (κ3) is 1.99. The van der Waals surface area contributed by atoms with E-state index in [1.807, 2.05) is 0 Å². The summed E-state index contributed by atoms with van der Waals surface area (Å²) in [4.78, 5) is 2.59. The van der Waals surface area contributed by atoms with Gasteiger partial charge in [0.25, 0.3) is 0 Å².